The third-order valence-corrected chi connectivity index (χ3v) is 2.73. The molecule has 16 heavy (non-hydrogen) atoms. The molecule has 5 nitrogen and oxygen atoms in total. The normalized spacial score (nSPS) is 12.6. The molecule has 0 saturated carbocycles. The molecule has 0 spiro atoms. The molecule has 90 valence electrons. The van der Waals surface area contributed by atoms with Crippen molar-refractivity contribution in [3.8, 4) is 5.88 Å². The second-order valence-corrected chi connectivity index (χ2v) is 4.84. The van der Waals surface area contributed by atoms with E-state index in [4.69, 9.17) is 10.6 Å². The van der Waals surface area contributed by atoms with Gasteiger partial charge in [-0.1, -0.05) is 13.8 Å². The average molecular weight is 289 g/mol. The van der Waals surface area contributed by atoms with Crippen molar-refractivity contribution in [3.63, 3.8) is 0 Å². The average Bonchev–Trinajstić information content (AvgIpc) is 2.20. The number of nitrogens with two attached hydrogens (primary N) is 1. The highest BCUT2D eigenvalue weighted by Gasteiger charge is 2.13. The number of nitrogens with one attached hydrogen (secondary N) is 1. The highest BCUT2D eigenvalue weighted by Crippen LogP contribution is 2.28. The lowest BCUT2D eigenvalue weighted by Crippen LogP contribution is -2.16. The summed E-state index contributed by atoms with van der Waals surface area (Å²) in [4.78, 5) is 8.01. The van der Waals surface area contributed by atoms with Crippen molar-refractivity contribution >= 4 is 21.7 Å². The molecule has 0 aliphatic carbocycles. The number of nitrogens with zero attached hydrogens (tertiary/aromatic N) is 2. The van der Waals surface area contributed by atoms with E-state index in [2.05, 4.69) is 45.2 Å². The summed E-state index contributed by atoms with van der Waals surface area (Å²) in [5, 5.41) is 0. The maximum Gasteiger partial charge on any atom is 0.233 e. The Labute approximate surface area is 104 Å². The SMILES string of the molecule is CC(C)CC(C)Oc1ncnc(NN)c1Br. The van der Waals surface area contributed by atoms with E-state index < -0.39 is 0 Å². The van der Waals surface area contributed by atoms with Crippen molar-refractivity contribution in [3.05, 3.63) is 10.8 Å². The number of ether oxygens (including phenoxy) is 1. The molecule has 0 saturated heterocycles. The van der Waals surface area contributed by atoms with Crippen molar-refractivity contribution in [1.29, 1.82) is 0 Å². The first-order chi connectivity index (χ1) is 7.54. The van der Waals surface area contributed by atoms with E-state index in [-0.39, 0.29) is 6.10 Å². The Morgan fingerprint density at radius 3 is 2.69 bits per heavy atom. The van der Waals surface area contributed by atoms with E-state index in [1.807, 2.05) is 6.92 Å². The van der Waals surface area contributed by atoms with Crippen LogP contribution in [0.1, 0.15) is 27.2 Å². The van der Waals surface area contributed by atoms with Crippen LogP contribution in [0.25, 0.3) is 0 Å². The van der Waals surface area contributed by atoms with Gasteiger partial charge in [-0.05, 0) is 35.2 Å². The van der Waals surface area contributed by atoms with E-state index in [0.29, 0.717) is 22.1 Å². The first-order valence-corrected chi connectivity index (χ1v) is 5.97. The standard InChI is InChI=1S/C10H17BrN4O/c1-6(2)4-7(3)16-10-8(11)9(15-12)13-5-14-10/h5-7H,4,12H2,1-3H3,(H,13,14,15). The molecule has 0 fully saturated rings. The lowest BCUT2D eigenvalue weighted by Gasteiger charge is -2.17. The largest absolute Gasteiger partial charge is 0.474 e. The fourth-order valence-corrected chi connectivity index (χ4v) is 1.85. The number of aromatic nitrogens is 2. The number of anilines is 1. The van der Waals surface area contributed by atoms with Gasteiger partial charge in [0.1, 0.15) is 10.8 Å². The third-order valence-electron chi connectivity index (χ3n) is 2.01. The van der Waals surface area contributed by atoms with E-state index in [1.54, 1.807) is 0 Å². The zero-order valence-corrected chi connectivity index (χ0v) is 11.3. The number of halogens is 1. The van der Waals surface area contributed by atoms with Crippen molar-refractivity contribution in [2.24, 2.45) is 11.8 Å². The Morgan fingerprint density at radius 2 is 2.12 bits per heavy atom. The zero-order chi connectivity index (χ0) is 12.1. The quantitative estimate of drug-likeness (QED) is 0.643. The predicted molar refractivity (Wildman–Crippen MR) is 67.1 cm³/mol. The number of hydrogen-bond acceptors (Lipinski definition) is 5. The fourth-order valence-electron chi connectivity index (χ4n) is 1.44. The van der Waals surface area contributed by atoms with Crippen LogP contribution in [0.4, 0.5) is 5.82 Å². The molecule has 0 aliphatic heterocycles. The summed E-state index contributed by atoms with van der Waals surface area (Å²) < 4.78 is 6.35. The highest BCUT2D eigenvalue weighted by atomic mass is 79.9. The van der Waals surface area contributed by atoms with Crippen LogP contribution in [0.5, 0.6) is 5.88 Å². The Morgan fingerprint density at radius 1 is 1.44 bits per heavy atom. The van der Waals surface area contributed by atoms with Gasteiger partial charge < -0.3 is 10.2 Å². The third kappa shape index (κ3) is 3.61. The van der Waals surface area contributed by atoms with Crippen LogP contribution < -0.4 is 16.0 Å². The van der Waals surface area contributed by atoms with Crippen molar-refractivity contribution in [2.45, 2.75) is 33.3 Å². The molecule has 0 radical (unpaired) electrons. The molecule has 1 unspecified atom stereocenters. The van der Waals surface area contributed by atoms with Crippen LogP contribution in [0.15, 0.2) is 10.8 Å². The van der Waals surface area contributed by atoms with E-state index in [1.165, 1.54) is 6.33 Å². The number of hydrazine groups is 1. The highest BCUT2D eigenvalue weighted by molar-refractivity contribution is 9.10. The molecule has 1 heterocycles. The minimum absolute atomic E-state index is 0.108. The van der Waals surface area contributed by atoms with Gasteiger partial charge in [0, 0.05) is 0 Å². The molecule has 6 heteroatoms. The van der Waals surface area contributed by atoms with Crippen molar-refractivity contribution < 1.29 is 4.74 Å². The summed E-state index contributed by atoms with van der Waals surface area (Å²) in [7, 11) is 0. The Hall–Kier alpha value is -0.880. The van der Waals surface area contributed by atoms with Crippen LogP contribution in [0.2, 0.25) is 0 Å². The van der Waals surface area contributed by atoms with Crippen LogP contribution >= 0.6 is 15.9 Å². The monoisotopic (exact) mass is 288 g/mol. The summed E-state index contributed by atoms with van der Waals surface area (Å²) in [6, 6.07) is 0. The molecule has 1 atom stereocenters. The van der Waals surface area contributed by atoms with E-state index in [0.717, 1.165) is 6.42 Å². The van der Waals surface area contributed by atoms with E-state index >= 15 is 0 Å². The summed E-state index contributed by atoms with van der Waals surface area (Å²) in [5.41, 5.74) is 2.47. The van der Waals surface area contributed by atoms with Gasteiger partial charge in [-0.3, -0.25) is 0 Å². The molecule has 0 amide bonds. The Kier molecular flexibility index (Phi) is 4.95. The van der Waals surface area contributed by atoms with Gasteiger partial charge in [0.25, 0.3) is 0 Å². The molecule has 0 bridgehead atoms. The van der Waals surface area contributed by atoms with Crippen molar-refractivity contribution in [2.75, 3.05) is 5.43 Å². The van der Waals surface area contributed by atoms with E-state index in [9.17, 15) is 0 Å². The first kappa shape index (κ1) is 13.2. The summed E-state index contributed by atoms with van der Waals surface area (Å²) in [6.45, 7) is 6.33. The van der Waals surface area contributed by atoms with Crippen LogP contribution in [0.3, 0.4) is 0 Å². The first-order valence-electron chi connectivity index (χ1n) is 5.18. The molecular weight excluding hydrogens is 272 g/mol. The molecular formula is C10H17BrN4O. The van der Waals surface area contributed by atoms with Crippen LogP contribution in [0, 0.1) is 5.92 Å². The second-order valence-electron chi connectivity index (χ2n) is 4.04. The molecule has 3 N–H and O–H groups in total. The van der Waals surface area contributed by atoms with Gasteiger partial charge in [-0.15, -0.1) is 0 Å². The summed E-state index contributed by atoms with van der Waals surface area (Å²) in [5.74, 6) is 6.92. The lowest BCUT2D eigenvalue weighted by atomic mass is 10.1. The number of hydrogen-bond donors (Lipinski definition) is 2. The van der Waals surface area contributed by atoms with Gasteiger partial charge in [-0.25, -0.2) is 15.8 Å². The van der Waals surface area contributed by atoms with Crippen LogP contribution in [-0.4, -0.2) is 16.1 Å². The number of rotatable bonds is 5. The Balaban J connectivity index is 2.73. The fraction of sp³-hybridized carbons (Fsp3) is 0.600. The molecule has 1 aromatic rings. The maximum atomic E-state index is 5.70. The topological polar surface area (TPSA) is 73.1 Å². The zero-order valence-electron chi connectivity index (χ0n) is 9.70. The maximum absolute atomic E-state index is 5.70. The van der Waals surface area contributed by atoms with Gasteiger partial charge in [-0.2, -0.15) is 0 Å². The second kappa shape index (κ2) is 6.00. The van der Waals surface area contributed by atoms with Crippen molar-refractivity contribution in [1.82, 2.24) is 9.97 Å². The minimum Gasteiger partial charge on any atom is -0.474 e. The van der Waals surface area contributed by atoms with Gasteiger partial charge in [0.2, 0.25) is 5.88 Å². The smallest absolute Gasteiger partial charge is 0.233 e. The molecule has 1 aromatic heterocycles. The van der Waals surface area contributed by atoms with Crippen LogP contribution in [-0.2, 0) is 0 Å². The summed E-state index contributed by atoms with van der Waals surface area (Å²) >= 11 is 3.34. The van der Waals surface area contributed by atoms with Gasteiger partial charge >= 0.3 is 0 Å². The molecule has 1 rings (SSSR count). The lowest BCUT2D eigenvalue weighted by molar-refractivity contribution is 0.184. The number of nitrogen functional groups attached to an aromatic ring is 1. The molecule has 0 aromatic carbocycles. The van der Waals surface area contributed by atoms with Gasteiger partial charge in [0.15, 0.2) is 5.82 Å². The minimum atomic E-state index is 0.108. The summed E-state index contributed by atoms with van der Waals surface area (Å²) in [6.07, 6.45) is 2.50. The van der Waals surface area contributed by atoms with Gasteiger partial charge in [0.05, 0.1) is 6.10 Å². The predicted octanol–water partition coefficient (Wildman–Crippen LogP) is 2.34. The Bertz CT molecular complexity index is 346. The molecule has 0 aliphatic rings.